The Kier molecular flexibility index (Phi) is 4.08. The second-order valence-corrected chi connectivity index (χ2v) is 5.88. The Hall–Kier alpha value is -0.640. The van der Waals surface area contributed by atoms with Gasteiger partial charge in [0.05, 0.1) is 12.2 Å². The van der Waals surface area contributed by atoms with Gasteiger partial charge in [-0.1, -0.05) is 0 Å². The van der Waals surface area contributed by atoms with Gasteiger partial charge in [0, 0.05) is 19.1 Å². The first-order chi connectivity index (χ1) is 6.97. The lowest BCUT2D eigenvalue weighted by atomic mass is 10.0. The Balaban J connectivity index is 2.47. The van der Waals surface area contributed by atoms with Crippen LogP contribution in [0.1, 0.15) is 20.3 Å². The van der Waals surface area contributed by atoms with Gasteiger partial charge >= 0.3 is 0 Å². The third kappa shape index (κ3) is 3.16. The van der Waals surface area contributed by atoms with E-state index in [0.29, 0.717) is 13.2 Å². The van der Waals surface area contributed by atoms with Gasteiger partial charge in [0.15, 0.2) is 5.25 Å². The fraction of sp³-hybridized carbons (Fsp3) is 0.889. The van der Waals surface area contributed by atoms with Gasteiger partial charge in [0.2, 0.25) is 10.0 Å². The molecule has 0 aromatic rings. The van der Waals surface area contributed by atoms with E-state index in [9.17, 15) is 8.42 Å². The molecule has 1 saturated heterocycles. The van der Waals surface area contributed by atoms with E-state index in [1.807, 2.05) is 6.92 Å². The van der Waals surface area contributed by atoms with Crippen LogP contribution in [0.4, 0.5) is 0 Å². The first-order valence-electron chi connectivity index (χ1n) is 4.97. The molecule has 0 bridgehead atoms. The van der Waals surface area contributed by atoms with E-state index >= 15 is 0 Å². The highest BCUT2D eigenvalue weighted by molar-refractivity contribution is 7.90. The largest absolute Gasteiger partial charge is 0.378 e. The number of nitrogens with one attached hydrogen (secondary N) is 1. The number of rotatable bonds is 4. The Bertz CT molecular complexity index is 347. The quantitative estimate of drug-likeness (QED) is 0.753. The van der Waals surface area contributed by atoms with Crippen LogP contribution in [-0.2, 0) is 14.8 Å². The summed E-state index contributed by atoms with van der Waals surface area (Å²) in [6.07, 6.45) is 0.954. The molecule has 0 aromatic carbocycles. The highest BCUT2D eigenvalue weighted by Gasteiger charge is 2.27. The van der Waals surface area contributed by atoms with Gasteiger partial charge in [0.1, 0.15) is 0 Å². The van der Waals surface area contributed by atoms with Crippen LogP contribution in [0.5, 0.6) is 0 Å². The SMILES string of the molecule is CC1OCCC1CNS(=O)(=O)C(C)C#N. The van der Waals surface area contributed by atoms with E-state index in [1.165, 1.54) is 6.92 Å². The molecule has 0 aromatic heterocycles. The Morgan fingerprint density at radius 2 is 2.33 bits per heavy atom. The molecule has 1 heterocycles. The van der Waals surface area contributed by atoms with Crippen molar-refractivity contribution >= 4 is 10.0 Å². The summed E-state index contributed by atoms with van der Waals surface area (Å²) in [5, 5.41) is 7.52. The summed E-state index contributed by atoms with van der Waals surface area (Å²) in [6.45, 7) is 4.34. The summed E-state index contributed by atoms with van der Waals surface area (Å²) >= 11 is 0. The zero-order valence-corrected chi connectivity index (χ0v) is 9.75. The van der Waals surface area contributed by atoms with Crippen LogP contribution in [0.3, 0.4) is 0 Å². The van der Waals surface area contributed by atoms with Gasteiger partial charge in [0.25, 0.3) is 0 Å². The number of hydrogen-bond acceptors (Lipinski definition) is 4. The lowest BCUT2D eigenvalue weighted by Gasteiger charge is -2.15. The van der Waals surface area contributed by atoms with Crippen molar-refractivity contribution in [2.24, 2.45) is 5.92 Å². The molecule has 0 saturated carbocycles. The number of sulfonamides is 1. The predicted octanol–water partition coefficient (Wildman–Crippen LogP) is 0.243. The van der Waals surface area contributed by atoms with Crippen molar-refractivity contribution in [1.29, 1.82) is 5.26 Å². The van der Waals surface area contributed by atoms with Gasteiger partial charge in [-0.2, -0.15) is 5.26 Å². The molecule has 0 amide bonds. The maximum atomic E-state index is 11.5. The Labute approximate surface area is 90.5 Å². The summed E-state index contributed by atoms with van der Waals surface area (Å²) < 4.78 is 30.7. The van der Waals surface area contributed by atoms with Crippen LogP contribution in [0.15, 0.2) is 0 Å². The van der Waals surface area contributed by atoms with Gasteiger partial charge in [-0.05, 0) is 20.3 Å². The van der Waals surface area contributed by atoms with E-state index in [4.69, 9.17) is 10.00 Å². The van der Waals surface area contributed by atoms with Crippen LogP contribution < -0.4 is 4.72 Å². The lowest BCUT2D eigenvalue weighted by molar-refractivity contribution is 0.107. The Morgan fingerprint density at radius 1 is 1.67 bits per heavy atom. The van der Waals surface area contributed by atoms with Gasteiger partial charge in [-0.15, -0.1) is 0 Å². The van der Waals surface area contributed by atoms with Crippen molar-refractivity contribution < 1.29 is 13.2 Å². The molecule has 5 nitrogen and oxygen atoms in total. The Morgan fingerprint density at radius 3 is 2.80 bits per heavy atom. The predicted molar refractivity (Wildman–Crippen MR) is 55.5 cm³/mol. The number of hydrogen-bond donors (Lipinski definition) is 1. The summed E-state index contributed by atoms with van der Waals surface area (Å²) in [4.78, 5) is 0. The van der Waals surface area contributed by atoms with Gasteiger partial charge < -0.3 is 4.74 Å². The molecule has 6 heteroatoms. The highest BCUT2D eigenvalue weighted by atomic mass is 32.2. The molecule has 0 aliphatic carbocycles. The number of nitrogens with zero attached hydrogens (tertiary/aromatic N) is 1. The third-order valence-corrected chi connectivity index (χ3v) is 4.33. The summed E-state index contributed by atoms with van der Waals surface area (Å²) in [6, 6.07) is 1.71. The van der Waals surface area contributed by atoms with Gasteiger partial charge in [-0.25, -0.2) is 13.1 Å². The van der Waals surface area contributed by atoms with Crippen LogP contribution in [0.2, 0.25) is 0 Å². The fourth-order valence-electron chi connectivity index (χ4n) is 1.46. The van der Waals surface area contributed by atoms with E-state index in [0.717, 1.165) is 6.42 Å². The molecule has 0 spiro atoms. The molecule has 1 rings (SSSR count). The van der Waals surface area contributed by atoms with E-state index in [2.05, 4.69) is 4.72 Å². The highest BCUT2D eigenvalue weighted by Crippen LogP contribution is 2.19. The number of ether oxygens (including phenoxy) is 1. The molecular formula is C9H16N2O3S. The maximum absolute atomic E-state index is 11.5. The van der Waals surface area contributed by atoms with Crippen molar-refractivity contribution in [2.75, 3.05) is 13.2 Å². The van der Waals surface area contributed by atoms with Crippen molar-refractivity contribution in [3.63, 3.8) is 0 Å². The third-order valence-electron chi connectivity index (χ3n) is 2.73. The molecule has 1 aliphatic heterocycles. The maximum Gasteiger partial charge on any atom is 0.227 e. The minimum atomic E-state index is -3.49. The van der Waals surface area contributed by atoms with E-state index < -0.39 is 15.3 Å². The molecule has 0 radical (unpaired) electrons. The molecule has 3 atom stereocenters. The minimum Gasteiger partial charge on any atom is -0.378 e. The first kappa shape index (κ1) is 12.4. The minimum absolute atomic E-state index is 0.0880. The van der Waals surface area contributed by atoms with Crippen LogP contribution in [0, 0.1) is 17.2 Å². The topological polar surface area (TPSA) is 79.2 Å². The first-order valence-corrected chi connectivity index (χ1v) is 6.51. The van der Waals surface area contributed by atoms with E-state index in [1.54, 1.807) is 6.07 Å². The molecule has 1 N–H and O–H groups in total. The second-order valence-electron chi connectivity index (χ2n) is 3.79. The molecule has 86 valence electrons. The average Bonchev–Trinajstić information content (AvgIpc) is 2.60. The van der Waals surface area contributed by atoms with Gasteiger partial charge in [-0.3, -0.25) is 0 Å². The van der Waals surface area contributed by atoms with Crippen LogP contribution >= 0.6 is 0 Å². The molecule has 1 aliphatic rings. The zero-order valence-electron chi connectivity index (χ0n) is 8.93. The molecular weight excluding hydrogens is 216 g/mol. The molecule has 3 unspecified atom stereocenters. The fourth-order valence-corrected chi connectivity index (χ4v) is 2.30. The average molecular weight is 232 g/mol. The standard InChI is InChI=1S/C9H16N2O3S/c1-7(5-10)15(12,13)11-6-9-3-4-14-8(9)2/h7-9,11H,3-4,6H2,1-2H3. The van der Waals surface area contributed by atoms with Crippen molar-refractivity contribution in [3.05, 3.63) is 0 Å². The summed E-state index contributed by atoms with van der Waals surface area (Å²) in [7, 11) is -3.49. The van der Waals surface area contributed by atoms with E-state index in [-0.39, 0.29) is 12.0 Å². The normalized spacial score (nSPS) is 28.6. The smallest absolute Gasteiger partial charge is 0.227 e. The van der Waals surface area contributed by atoms with Crippen LogP contribution in [-0.4, -0.2) is 32.9 Å². The van der Waals surface area contributed by atoms with Crippen molar-refractivity contribution in [1.82, 2.24) is 4.72 Å². The molecule has 15 heavy (non-hydrogen) atoms. The molecule has 1 fully saturated rings. The van der Waals surface area contributed by atoms with Crippen LogP contribution in [0.25, 0.3) is 0 Å². The van der Waals surface area contributed by atoms with Crippen molar-refractivity contribution in [3.8, 4) is 6.07 Å². The monoisotopic (exact) mass is 232 g/mol. The second kappa shape index (κ2) is 4.92. The summed E-state index contributed by atoms with van der Waals surface area (Å²) in [5.41, 5.74) is 0. The summed E-state index contributed by atoms with van der Waals surface area (Å²) in [5.74, 6) is 0.214. The zero-order chi connectivity index (χ0) is 11.5. The number of nitriles is 1. The lowest BCUT2D eigenvalue weighted by Crippen LogP contribution is -2.36. The van der Waals surface area contributed by atoms with Crippen molar-refractivity contribution in [2.45, 2.75) is 31.6 Å².